The van der Waals surface area contributed by atoms with Crippen LogP contribution in [-0.4, -0.2) is 35.6 Å². The van der Waals surface area contributed by atoms with Crippen LogP contribution in [0.3, 0.4) is 0 Å². The van der Waals surface area contributed by atoms with Crippen LogP contribution in [0, 0.1) is 5.92 Å². The van der Waals surface area contributed by atoms with E-state index >= 15 is 0 Å². The summed E-state index contributed by atoms with van der Waals surface area (Å²) < 4.78 is 0. The van der Waals surface area contributed by atoms with E-state index in [-0.39, 0.29) is 0 Å². The fourth-order valence-corrected chi connectivity index (χ4v) is 4.10. The number of nitrogens with zero attached hydrogens (tertiary/aromatic N) is 2. The van der Waals surface area contributed by atoms with E-state index in [0.717, 1.165) is 35.9 Å². The van der Waals surface area contributed by atoms with Gasteiger partial charge in [-0.25, -0.2) is 4.98 Å². The Morgan fingerprint density at radius 3 is 2.67 bits per heavy atom. The Hall–Kier alpha value is -1.61. The minimum atomic E-state index is 0.798. The zero-order valence-corrected chi connectivity index (χ0v) is 12.6. The van der Waals surface area contributed by atoms with Gasteiger partial charge < -0.3 is 10.2 Å². The van der Waals surface area contributed by atoms with Gasteiger partial charge in [-0.15, -0.1) is 0 Å². The molecule has 2 saturated heterocycles. The highest BCUT2D eigenvalue weighted by Gasteiger charge is 2.38. The zero-order chi connectivity index (χ0) is 14.2. The highest BCUT2D eigenvalue weighted by atomic mass is 15.2. The van der Waals surface area contributed by atoms with E-state index in [1.807, 2.05) is 6.07 Å². The molecule has 1 aromatic heterocycles. The number of aromatic nitrogens is 1. The first kappa shape index (κ1) is 13.1. The van der Waals surface area contributed by atoms with Crippen molar-refractivity contribution in [2.75, 3.05) is 18.9 Å². The van der Waals surface area contributed by atoms with Crippen molar-refractivity contribution in [2.24, 2.45) is 5.92 Å². The summed E-state index contributed by atoms with van der Waals surface area (Å²) in [7, 11) is 2.30. The lowest BCUT2D eigenvalue weighted by Crippen LogP contribution is -2.41. The number of nitrogens with one attached hydrogen (secondary N) is 1. The lowest BCUT2D eigenvalue weighted by molar-refractivity contribution is 0.139. The molecule has 0 spiro atoms. The molecule has 0 radical (unpaired) electrons. The lowest BCUT2D eigenvalue weighted by atomic mass is 9.91. The van der Waals surface area contributed by atoms with Gasteiger partial charge in [0.05, 0.1) is 5.52 Å². The Bertz CT molecular complexity index is 625. The Labute approximate surface area is 126 Å². The first-order valence-corrected chi connectivity index (χ1v) is 8.11. The Morgan fingerprint density at radius 2 is 1.86 bits per heavy atom. The second kappa shape index (κ2) is 5.30. The highest BCUT2D eigenvalue weighted by molar-refractivity contribution is 5.80. The highest BCUT2D eigenvalue weighted by Crippen LogP contribution is 2.37. The molecule has 21 heavy (non-hydrogen) atoms. The molecule has 2 aromatic rings. The Kier molecular flexibility index (Phi) is 3.30. The third kappa shape index (κ3) is 2.51. The van der Waals surface area contributed by atoms with Gasteiger partial charge in [0.25, 0.3) is 0 Å². The first-order valence-electron chi connectivity index (χ1n) is 8.11. The zero-order valence-electron chi connectivity index (χ0n) is 12.6. The summed E-state index contributed by atoms with van der Waals surface area (Å²) in [6.45, 7) is 1.06. The summed E-state index contributed by atoms with van der Waals surface area (Å²) in [5.74, 6) is 1.81. The number of fused-ring (bicyclic) bond motifs is 3. The molecular formula is C18H23N3. The monoisotopic (exact) mass is 281 g/mol. The van der Waals surface area contributed by atoms with Gasteiger partial charge in [-0.05, 0) is 56.8 Å². The normalized spacial score (nSPS) is 28.9. The molecule has 2 fully saturated rings. The number of piperidine rings is 1. The molecule has 1 aromatic carbocycles. The summed E-state index contributed by atoms with van der Waals surface area (Å²) in [6, 6.07) is 14.2. The van der Waals surface area contributed by atoms with Crippen molar-refractivity contribution < 1.29 is 0 Å². The fourth-order valence-electron chi connectivity index (χ4n) is 4.10. The van der Waals surface area contributed by atoms with Crippen LogP contribution in [0.1, 0.15) is 25.7 Å². The minimum absolute atomic E-state index is 0.798. The van der Waals surface area contributed by atoms with Gasteiger partial charge in [0.1, 0.15) is 5.82 Å². The molecule has 3 heterocycles. The number of para-hydroxylation sites is 1. The van der Waals surface area contributed by atoms with Crippen LogP contribution in [0.2, 0.25) is 0 Å². The third-order valence-corrected chi connectivity index (χ3v) is 5.37. The van der Waals surface area contributed by atoms with Crippen LogP contribution in [0.5, 0.6) is 0 Å². The summed E-state index contributed by atoms with van der Waals surface area (Å²) in [4.78, 5) is 7.31. The molecule has 0 aliphatic carbocycles. The predicted molar refractivity (Wildman–Crippen MR) is 87.5 cm³/mol. The van der Waals surface area contributed by atoms with E-state index in [0.29, 0.717) is 0 Å². The molecular weight excluding hydrogens is 258 g/mol. The molecule has 2 bridgehead atoms. The van der Waals surface area contributed by atoms with Crippen molar-refractivity contribution >= 4 is 16.7 Å². The number of hydrogen-bond acceptors (Lipinski definition) is 3. The van der Waals surface area contributed by atoms with Crippen LogP contribution < -0.4 is 5.32 Å². The summed E-state index contributed by atoms with van der Waals surface area (Å²) in [6.07, 6.45) is 5.47. The molecule has 4 rings (SSSR count). The second-order valence-electron chi connectivity index (χ2n) is 6.66. The number of pyridine rings is 1. The van der Waals surface area contributed by atoms with E-state index in [1.54, 1.807) is 0 Å². The molecule has 0 amide bonds. The maximum Gasteiger partial charge on any atom is 0.126 e. The van der Waals surface area contributed by atoms with Gasteiger partial charge in [0.15, 0.2) is 0 Å². The van der Waals surface area contributed by atoms with Crippen molar-refractivity contribution in [3.8, 4) is 0 Å². The van der Waals surface area contributed by atoms with E-state index in [9.17, 15) is 0 Å². The standard InChI is InChI=1S/C18H23N3/c1-21-15-7-8-16(21)11-13(10-15)12-19-18-9-6-14-4-2-3-5-17(14)20-18/h2-6,9,13,15-16H,7-8,10-12H2,1H3,(H,19,20). The number of anilines is 1. The van der Waals surface area contributed by atoms with Gasteiger partial charge in [0, 0.05) is 24.0 Å². The Morgan fingerprint density at radius 1 is 1.10 bits per heavy atom. The van der Waals surface area contributed by atoms with Gasteiger partial charge >= 0.3 is 0 Å². The topological polar surface area (TPSA) is 28.2 Å². The summed E-state index contributed by atoms with van der Waals surface area (Å²) in [5.41, 5.74) is 1.07. The average Bonchev–Trinajstić information content (AvgIpc) is 2.75. The predicted octanol–water partition coefficient (Wildman–Crippen LogP) is 3.52. The van der Waals surface area contributed by atoms with Gasteiger partial charge in [-0.1, -0.05) is 18.2 Å². The van der Waals surface area contributed by atoms with Gasteiger partial charge in [-0.3, -0.25) is 0 Å². The van der Waals surface area contributed by atoms with Crippen molar-refractivity contribution in [1.82, 2.24) is 9.88 Å². The van der Waals surface area contributed by atoms with Crippen LogP contribution in [0.4, 0.5) is 5.82 Å². The fraction of sp³-hybridized carbons (Fsp3) is 0.500. The van der Waals surface area contributed by atoms with Crippen molar-refractivity contribution in [3.05, 3.63) is 36.4 Å². The molecule has 0 saturated carbocycles. The lowest BCUT2D eigenvalue weighted by Gasteiger charge is -2.36. The molecule has 2 aliphatic rings. The van der Waals surface area contributed by atoms with Gasteiger partial charge in [-0.2, -0.15) is 0 Å². The Balaban J connectivity index is 1.42. The first-order chi connectivity index (χ1) is 10.3. The maximum absolute atomic E-state index is 4.71. The molecule has 3 heteroatoms. The maximum atomic E-state index is 4.71. The smallest absolute Gasteiger partial charge is 0.126 e. The number of rotatable bonds is 3. The van der Waals surface area contributed by atoms with E-state index in [1.165, 1.54) is 31.1 Å². The molecule has 2 atom stereocenters. The molecule has 110 valence electrons. The summed E-state index contributed by atoms with van der Waals surface area (Å²) >= 11 is 0. The van der Waals surface area contributed by atoms with E-state index in [2.05, 4.69) is 47.6 Å². The van der Waals surface area contributed by atoms with Crippen LogP contribution in [0.25, 0.3) is 10.9 Å². The van der Waals surface area contributed by atoms with Crippen LogP contribution in [0.15, 0.2) is 36.4 Å². The van der Waals surface area contributed by atoms with Crippen LogP contribution >= 0.6 is 0 Å². The van der Waals surface area contributed by atoms with Crippen molar-refractivity contribution in [1.29, 1.82) is 0 Å². The average molecular weight is 281 g/mol. The molecule has 3 nitrogen and oxygen atoms in total. The second-order valence-corrected chi connectivity index (χ2v) is 6.66. The quantitative estimate of drug-likeness (QED) is 0.933. The van der Waals surface area contributed by atoms with E-state index < -0.39 is 0 Å². The number of benzene rings is 1. The minimum Gasteiger partial charge on any atom is -0.370 e. The number of hydrogen-bond donors (Lipinski definition) is 1. The van der Waals surface area contributed by atoms with E-state index in [4.69, 9.17) is 4.98 Å². The van der Waals surface area contributed by atoms with Crippen LogP contribution in [-0.2, 0) is 0 Å². The van der Waals surface area contributed by atoms with Crippen molar-refractivity contribution in [3.63, 3.8) is 0 Å². The SMILES string of the molecule is CN1C2CCC1CC(CNc1ccc3ccccc3n1)C2. The molecule has 2 aliphatic heterocycles. The van der Waals surface area contributed by atoms with Crippen molar-refractivity contribution in [2.45, 2.75) is 37.8 Å². The largest absolute Gasteiger partial charge is 0.370 e. The summed E-state index contributed by atoms with van der Waals surface area (Å²) in [5, 5.41) is 4.77. The molecule has 2 unspecified atom stereocenters. The molecule has 1 N–H and O–H groups in total. The third-order valence-electron chi connectivity index (χ3n) is 5.37. The van der Waals surface area contributed by atoms with Gasteiger partial charge in [0.2, 0.25) is 0 Å².